The summed E-state index contributed by atoms with van der Waals surface area (Å²) < 4.78 is 18.1. The van der Waals surface area contributed by atoms with Crippen LogP contribution in [-0.2, 0) is 13.1 Å². The number of aromatic amines is 2. The monoisotopic (exact) mass is 646 g/mol. The van der Waals surface area contributed by atoms with Crippen LogP contribution >= 0.6 is 34.5 Å². The summed E-state index contributed by atoms with van der Waals surface area (Å²) in [5, 5.41) is 39.0. The molecule has 0 fully saturated rings. The Morgan fingerprint density at radius 1 is 0.750 bits per heavy atom. The number of hydrogen-bond acceptors (Lipinski definition) is 11. The Balaban J connectivity index is 0.000000143. The predicted octanol–water partition coefficient (Wildman–Crippen LogP) is 4.83. The lowest BCUT2D eigenvalue weighted by Crippen LogP contribution is -2.04. The van der Waals surface area contributed by atoms with E-state index in [-0.39, 0.29) is 12.4 Å². The molecule has 14 nitrogen and oxygen atoms in total. The van der Waals surface area contributed by atoms with Crippen molar-refractivity contribution in [3.8, 4) is 23.0 Å². The van der Waals surface area contributed by atoms with Gasteiger partial charge in [-0.15, -0.1) is 31.7 Å². The molecule has 0 aliphatic heterocycles. The lowest BCUT2D eigenvalue weighted by molar-refractivity contribution is 0.589. The van der Waals surface area contributed by atoms with E-state index >= 15 is 0 Å². The minimum Gasteiger partial charge on any atom is -0.242 e. The van der Waals surface area contributed by atoms with Gasteiger partial charge in [-0.2, -0.15) is 20.6 Å². The summed E-state index contributed by atoms with van der Waals surface area (Å²) in [6, 6.07) is 15.7. The summed E-state index contributed by atoms with van der Waals surface area (Å²) in [4.78, 5) is 9.83. The van der Waals surface area contributed by atoms with Gasteiger partial charge in [-0.25, -0.2) is 23.7 Å². The zero-order valence-corrected chi connectivity index (χ0v) is 24.5. The van der Waals surface area contributed by atoms with Crippen LogP contribution in [0, 0.1) is 5.82 Å². The van der Waals surface area contributed by atoms with Gasteiger partial charge in [0, 0.05) is 27.9 Å². The molecule has 0 bridgehead atoms. The second kappa shape index (κ2) is 11.8. The fourth-order valence-electron chi connectivity index (χ4n) is 4.50. The first-order chi connectivity index (χ1) is 21.5. The first-order valence-electron chi connectivity index (χ1n) is 12.8. The molecule has 0 amide bonds. The maximum Gasteiger partial charge on any atom is 0.225 e. The molecule has 44 heavy (non-hydrogen) atoms. The predicted molar refractivity (Wildman–Crippen MR) is 160 cm³/mol. The average molecular weight is 647 g/mol. The molecule has 8 aromatic rings. The molecule has 18 heteroatoms. The molecule has 218 valence electrons. The summed E-state index contributed by atoms with van der Waals surface area (Å²) in [5.41, 5.74) is 3.00. The fraction of sp³-hybridized carbons (Fsp3) is 0.0769. The van der Waals surface area contributed by atoms with Crippen molar-refractivity contribution in [3.05, 3.63) is 92.6 Å². The molecule has 0 atom stereocenters. The highest BCUT2D eigenvalue weighted by Gasteiger charge is 2.18. The van der Waals surface area contributed by atoms with Crippen molar-refractivity contribution in [2.45, 2.75) is 13.1 Å². The fourth-order valence-corrected chi connectivity index (χ4v) is 5.77. The molecule has 0 spiro atoms. The van der Waals surface area contributed by atoms with Crippen molar-refractivity contribution >= 4 is 56.6 Å². The highest BCUT2D eigenvalue weighted by atomic mass is 35.5. The summed E-state index contributed by atoms with van der Waals surface area (Å²) in [6.07, 6.45) is 3.39. The van der Waals surface area contributed by atoms with Crippen LogP contribution in [0.1, 0.15) is 10.4 Å². The molecule has 1 aromatic carbocycles. The van der Waals surface area contributed by atoms with Crippen LogP contribution in [0.25, 0.3) is 45.1 Å². The van der Waals surface area contributed by atoms with E-state index in [2.05, 4.69) is 61.4 Å². The number of hydrogen-bond donors (Lipinski definition) is 2. The molecule has 7 aromatic heterocycles. The molecule has 0 saturated heterocycles. The molecule has 0 radical (unpaired) electrons. The summed E-state index contributed by atoms with van der Waals surface area (Å²) in [6.45, 7) is 0.792. The van der Waals surface area contributed by atoms with E-state index in [4.69, 9.17) is 23.2 Å². The van der Waals surface area contributed by atoms with Crippen LogP contribution in [-0.4, -0.2) is 70.8 Å². The second-order valence-electron chi connectivity index (χ2n) is 9.17. The molecule has 7 heterocycles. The minimum atomic E-state index is -0.352. The van der Waals surface area contributed by atoms with Gasteiger partial charge in [0.15, 0.2) is 11.3 Å². The number of fused-ring (bicyclic) bond motifs is 2. The van der Waals surface area contributed by atoms with Crippen molar-refractivity contribution in [1.82, 2.24) is 70.8 Å². The second-order valence-corrected chi connectivity index (χ2v) is 11.4. The normalized spacial score (nSPS) is 11.2. The Morgan fingerprint density at radius 2 is 1.36 bits per heavy atom. The van der Waals surface area contributed by atoms with Gasteiger partial charge in [0.25, 0.3) is 0 Å². The molecular weight excluding hydrogens is 630 g/mol. The number of thiophene rings is 1. The van der Waals surface area contributed by atoms with E-state index in [0.29, 0.717) is 45.8 Å². The quantitative estimate of drug-likeness (QED) is 0.255. The van der Waals surface area contributed by atoms with Crippen LogP contribution in [0.15, 0.2) is 67.0 Å². The number of benzene rings is 1. The lowest BCUT2D eigenvalue weighted by Gasteiger charge is -2.05. The third kappa shape index (κ3) is 5.48. The smallest absolute Gasteiger partial charge is 0.225 e. The molecule has 0 aliphatic carbocycles. The Kier molecular flexibility index (Phi) is 7.43. The lowest BCUT2D eigenvalue weighted by atomic mass is 10.2. The third-order valence-electron chi connectivity index (χ3n) is 6.39. The first kappa shape index (κ1) is 27.6. The third-order valence-corrected chi connectivity index (χ3v) is 7.84. The van der Waals surface area contributed by atoms with Gasteiger partial charge in [0.1, 0.15) is 17.2 Å². The van der Waals surface area contributed by atoms with E-state index in [0.717, 1.165) is 25.6 Å². The standard InChI is InChI=1S/C14H9ClFN7.C12H8ClN7S/c15-9-3-4-11(16)8(6-9)7-23-14-10(2-1-5-17-14)12(20-23)13-18-21-22-19-13;13-9-4-3-7(21-9)6-20-12-8(2-1-5-14-12)10(17-20)11-15-18-19-16-11/h1-6H,7H2,(H,18,19,21,22);1-5H,6H2,(H,15,16,18,19). The Labute approximate surface area is 259 Å². The molecule has 8 rings (SSSR count). The number of aromatic nitrogens is 14. The van der Waals surface area contributed by atoms with Crippen LogP contribution in [0.2, 0.25) is 9.36 Å². The molecule has 2 N–H and O–H groups in total. The molecule has 0 aliphatic rings. The largest absolute Gasteiger partial charge is 0.242 e. The zero-order chi connectivity index (χ0) is 30.0. The van der Waals surface area contributed by atoms with Gasteiger partial charge >= 0.3 is 0 Å². The van der Waals surface area contributed by atoms with Crippen LogP contribution < -0.4 is 0 Å². The Bertz CT molecular complexity index is 2190. The first-order valence-corrected chi connectivity index (χ1v) is 14.4. The SMILES string of the molecule is Clc1ccc(Cn2nc(-c3nn[nH]n3)c3cccnc32)s1.Fc1ccc(Cl)cc1Cn1nc(-c2nn[nH]n2)c2cccnc21. The number of halogens is 3. The number of pyridine rings is 2. The van der Waals surface area contributed by atoms with Crippen LogP contribution in [0.5, 0.6) is 0 Å². The number of nitrogens with zero attached hydrogens (tertiary/aromatic N) is 12. The molecular formula is C26H17Cl2FN14S. The van der Waals surface area contributed by atoms with E-state index < -0.39 is 0 Å². The number of rotatable bonds is 6. The zero-order valence-electron chi connectivity index (χ0n) is 22.2. The van der Waals surface area contributed by atoms with Crippen molar-refractivity contribution in [2.24, 2.45) is 0 Å². The van der Waals surface area contributed by atoms with Gasteiger partial charge < -0.3 is 0 Å². The maximum atomic E-state index is 14.0. The maximum absolute atomic E-state index is 14.0. The number of H-pyrrole nitrogens is 2. The van der Waals surface area contributed by atoms with E-state index in [9.17, 15) is 4.39 Å². The van der Waals surface area contributed by atoms with E-state index in [1.807, 2.05) is 35.0 Å². The highest BCUT2D eigenvalue weighted by molar-refractivity contribution is 7.16. The van der Waals surface area contributed by atoms with E-state index in [1.54, 1.807) is 29.2 Å². The van der Waals surface area contributed by atoms with Gasteiger partial charge in [0.05, 0.1) is 28.2 Å². The molecule has 0 unspecified atom stereocenters. The minimum absolute atomic E-state index is 0.192. The van der Waals surface area contributed by atoms with Crippen molar-refractivity contribution in [3.63, 3.8) is 0 Å². The van der Waals surface area contributed by atoms with E-state index in [1.165, 1.54) is 23.5 Å². The average Bonchev–Trinajstić information content (AvgIpc) is 3.88. The van der Waals surface area contributed by atoms with Crippen LogP contribution in [0.3, 0.4) is 0 Å². The van der Waals surface area contributed by atoms with Crippen molar-refractivity contribution in [2.75, 3.05) is 0 Å². The van der Waals surface area contributed by atoms with Gasteiger partial charge in [-0.05, 0) is 65.0 Å². The number of nitrogens with one attached hydrogen (secondary N) is 2. The van der Waals surface area contributed by atoms with Crippen molar-refractivity contribution < 1.29 is 4.39 Å². The van der Waals surface area contributed by atoms with Crippen molar-refractivity contribution in [1.29, 1.82) is 0 Å². The number of tetrazole rings is 2. The van der Waals surface area contributed by atoms with Crippen LogP contribution in [0.4, 0.5) is 4.39 Å². The summed E-state index contributed by atoms with van der Waals surface area (Å²) in [7, 11) is 0. The Morgan fingerprint density at radius 3 is 1.91 bits per heavy atom. The summed E-state index contributed by atoms with van der Waals surface area (Å²) >= 11 is 13.4. The molecule has 0 saturated carbocycles. The van der Waals surface area contributed by atoms with Gasteiger partial charge in [0.2, 0.25) is 11.6 Å². The van der Waals surface area contributed by atoms with Gasteiger partial charge in [-0.3, -0.25) is 0 Å². The topological polar surface area (TPSA) is 170 Å². The Hall–Kier alpha value is -5.19. The van der Waals surface area contributed by atoms with Gasteiger partial charge in [-0.1, -0.05) is 23.2 Å². The highest BCUT2D eigenvalue weighted by Crippen LogP contribution is 2.27. The summed E-state index contributed by atoms with van der Waals surface area (Å²) in [5.74, 6) is 0.458.